The van der Waals surface area contributed by atoms with Gasteiger partial charge < -0.3 is 9.47 Å². The number of aromatic nitrogens is 1. The van der Waals surface area contributed by atoms with Gasteiger partial charge in [-0.25, -0.2) is 0 Å². The zero-order valence-corrected chi connectivity index (χ0v) is 15.2. The number of hydrogen-bond donors (Lipinski definition) is 0. The molecule has 2 atom stereocenters. The van der Waals surface area contributed by atoms with E-state index < -0.39 is 0 Å². The third-order valence-electron chi connectivity index (χ3n) is 6.14. The van der Waals surface area contributed by atoms with Gasteiger partial charge in [0.05, 0.1) is 17.1 Å². The highest BCUT2D eigenvalue weighted by Gasteiger charge is 2.34. The highest BCUT2D eigenvalue weighted by atomic mass is 15.2. The number of fused-ring (bicyclic) bond motifs is 6. The molecule has 0 amide bonds. The molecule has 2 aliphatic rings. The largest absolute Gasteiger partial charge is 0.367 e. The van der Waals surface area contributed by atoms with E-state index in [4.69, 9.17) is 0 Å². The molecule has 0 N–H and O–H groups in total. The molecule has 0 bridgehead atoms. The molecule has 2 nitrogen and oxygen atoms in total. The van der Waals surface area contributed by atoms with Gasteiger partial charge in [-0.3, -0.25) is 0 Å². The lowest BCUT2D eigenvalue weighted by Gasteiger charge is -2.23. The molecule has 2 heterocycles. The topological polar surface area (TPSA) is 8.17 Å². The fourth-order valence-corrected chi connectivity index (χ4v) is 4.88. The second-order valence-corrected chi connectivity index (χ2v) is 7.51. The van der Waals surface area contributed by atoms with Crippen LogP contribution in [0.3, 0.4) is 0 Å². The molecule has 0 saturated carbocycles. The van der Waals surface area contributed by atoms with Gasteiger partial charge in [-0.1, -0.05) is 60.7 Å². The number of benzene rings is 3. The van der Waals surface area contributed by atoms with Gasteiger partial charge in [-0.05, 0) is 35.9 Å². The highest BCUT2D eigenvalue weighted by Crippen LogP contribution is 2.44. The summed E-state index contributed by atoms with van der Waals surface area (Å²) in [5.74, 6) is 0.433. The third-order valence-corrected chi connectivity index (χ3v) is 6.14. The Morgan fingerprint density at radius 2 is 1.41 bits per heavy atom. The van der Waals surface area contributed by atoms with Gasteiger partial charge >= 0.3 is 0 Å². The summed E-state index contributed by atoms with van der Waals surface area (Å²) in [5.41, 5.74) is 6.53. The number of nitrogens with zero attached hydrogens (tertiary/aromatic N) is 2. The second kappa shape index (κ2) is 5.37. The molecule has 3 aromatic carbocycles. The van der Waals surface area contributed by atoms with Crippen LogP contribution in [-0.2, 0) is 0 Å². The first-order valence-electron chi connectivity index (χ1n) is 9.53. The van der Waals surface area contributed by atoms with Crippen molar-refractivity contribution >= 4 is 27.5 Å². The van der Waals surface area contributed by atoms with E-state index in [2.05, 4.69) is 108 Å². The van der Waals surface area contributed by atoms with Crippen LogP contribution in [0, 0.1) is 0 Å². The molecule has 2 heteroatoms. The highest BCUT2D eigenvalue weighted by molar-refractivity contribution is 6.09. The summed E-state index contributed by atoms with van der Waals surface area (Å²) in [6.45, 7) is 0. The summed E-state index contributed by atoms with van der Waals surface area (Å²) in [7, 11) is 2.20. The molecule has 1 aliphatic heterocycles. The summed E-state index contributed by atoms with van der Waals surface area (Å²) in [5, 5.41) is 2.62. The van der Waals surface area contributed by atoms with Crippen molar-refractivity contribution in [3.63, 3.8) is 0 Å². The molecule has 0 radical (unpaired) electrons. The summed E-state index contributed by atoms with van der Waals surface area (Å²) >= 11 is 0. The van der Waals surface area contributed by atoms with E-state index in [0.29, 0.717) is 12.0 Å². The normalized spacial score (nSPS) is 20.4. The summed E-state index contributed by atoms with van der Waals surface area (Å²) in [6.07, 6.45) is 8.99. The van der Waals surface area contributed by atoms with Crippen molar-refractivity contribution in [2.24, 2.45) is 0 Å². The van der Waals surface area contributed by atoms with Crippen LogP contribution in [0.5, 0.6) is 0 Å². The maximum absolute atomic E-state index is 2.40. The summed E-state index contributed by atoms with van der Waals surface area (Å²) < 4.78 is 2.40. The number of anilines is 1. The van der Waals surface area contributed by atoms with E-state index in [1.165, 1.54) is 38.7 Å². The van der Waals surface area contributed by atoms with Gasteiger partial charge in [-0.15, -0.1) is 0 Å². The van der Waals surface area contributed by atoms with Crippen LogP contribution in [0.4, 0.5) is 5.69 Å². The van der Waals surface area contributed by atoms with Gasteiger partial charge in [0.2, 0.25) is 0 Å². The Kier molecular flexibility index (Phi) is 2.96. The van der Waals surface area contributed by atoms with Gasteiger partial charge in [0.25, 0.3) is 0 Å². The Labute approximate surface area is 158 Å². The molecular weight excluding hydrogens is 328 g/mol. The third kappa shape index (κ3) is 1.95. The number of allylic oxidation sites excluding steroid dienone is 2. The van der Waals surface area contributed by atoms with Gasteiger partial charge in [-0.2, -0.15) is 0 Å². The average Bonchev–Trinajstić information content (AvgIpc) is 3.21. The Bertz CT molecular complexity index is 1200. The maximum atomic E-state index is 2.40. The van der Waals surface area contributed by atoms with Crippen LogP contribution in [0.2, 0.25) is 0 Å². The SMILES string of the molecule is CN1c2ccc(-n3c4ccccc4c4ccccc43)cc2C2C=CC=CC21. The van der Waals surface area contributed by atoms with Crippen LogP contribution in [0.1, 0.15) is 11.5 Å². The first-order valence-corrected chi connectivity index (χ1v) is 9.53. The zero-order chi connectivity index (χ0) is 18.0. The molecule has 2 unspecified atom stereocenters. The van der Waals surface area contributed by atoms with Crippen molar-refractivity contribution in [2.45, 2.75) is 12.0 Å². The molecule has 1 aliphatic carbocycles. The lowest BCUT2D eigenvalue weighted by molar-refractivity contribution is 0.723. The Balaban J connectivity index is 1.63. The predicted octanol–water partition coefficient (Wildman–Crippen LogP) is 5.81. The minimum Gasteiger partial charge on any atom is -0.367 e. The molecule has 0 spiro atoms. The fraction of sp³-hybridized carbons (Fsp3) is 0.120. The van der Waals surface area contributed by atoms with Crippen molar-refractivity contribution < 1.29 is 0 Å². The Morgan fingerprint density at radius 3 is 2.15 bits per heavy atom. The maximum Gasteiger partial charge on any atom is 0.0577 e. The first-order chi connectivity index (χ1) is 13.3. The van der Waals surface area contributed by atoms with Crippen molar-refractivity contribution in [3.05, 3.63) is 96.6 Å². The smallest absolute Gasteiger partial charge is 0.0577 e. The minimum absolute atomic E-state index is 0.429. The Morgan fingerprint density at radius 1 is 0.741 bits per heavy atom. The van der Waals surface area contributed by atoms with E-state index in [1.54, 1.807) is 0 Å². The second-order valence-electron chi connectivity index (χ2n) is 7.51. The van der Waals surface area contributed by atoms with E-state index in [-0.39, 0.29) is 0 Å². The lowest BCUT2D eigenvalue weighted by atomic mass is 9.91. The predicted molar refractivity (Wildman–Crippen MR) is 114 cm³/mol. The van der Waals surface area contributed by atoms with Gasteiger partial charge in [0.15, 0.2) is 0 Å². The average molecular weight is 348 g/mol. The quantitative estimate of drug-likeness (QED) is 0.421. The fourth-order valence-electron chi connectivity index (χ4n) is 4.88. The summed E-state index contributed by atoms with van der Waals surface area (Å²) in [6, 6.07) is 24.8. The van der Waals surface area contributed by atoms with E-state index >= 15 is 0 Å². The standard InChI is InChI=1S/C25H20N2/c1-26-22-11-5-2-10-20(22)21-16-17(14-15-23(21)26)27-24-12-6-3-8-18(24)19-9-4-7-13-25(19)27/h2-16,20,22H,1H3. The van der Waals surface area contributed by atoms with E-state index in [1.807, 2.05) is 0 Å². The number of likely N-dealkylation sites (N-methyl/N-ethyl adjacent to an activating group) is 1. The number of hydrogen-bond acceptors (Lipinski definition) is 1. The monoisotopic (exact) mass is 348 g/mol. The van der Waals surface area contributed by atoms with Crippen LogP contribution in [0.25, 0.3) is 27.5 Å². The Hall–Kier alpha value is -3.26. The number of para-hydroxylation sites is 2. The van der Waals surface area contributed by atoms with Crippen molar-refractivity contribution in [1.82, 2.24) is 4.57 Å². The van der Waals surface area contributed by atoms with E-state index in [0.717, 1.165) is 0 Å². The zero-order valence-electron chi connectivity index (χ0n) is 15.2. The molecule has 0 fully saturated rings. The molecule has 6 rings (SSSR count). The minimum atomic E-state index is 0.429. The van der Waals surface area contributed by atoms with Crippen LogP contribution >= 0.6 is 0 Å². The van der Waals surface area contributed by atoms with Gasteiger partial charge in [0.1, 0.15) is 0 Å². The van der Waals surface area contributed by atoms with Crippen molar-refractivity contribution in [1.29, 1.82) is 0 Å². The molecule has 0 saturated heterocycles. The number of rotatable bonds is 1. The molecular formula is C25H20N2. The molecule has 130 valence electrons. The van der Waals surface area contributed by atoms with Crippen LogP contribution in [0.15, 0.2) is 91.0 Å². The summed E-state index contributed by atoms with van der Waals surface area (Å²) in [4.78, 5) is 2.40. The first kappa shape index (κ1) is 14.9. The van der Waals surface area contributed by atoms with Crippen LogP contribution in [-0.4, -0.2) is 17.7 Å². The molecule has 1 aromatic heterocycles. The van der Waals surface area contributed by atoms with Crippen molar-refractivity contribution in [2.75, 3.05) is 11.9 Å². The van der Waals surface area contributed by atoms with Crippen LogP contribution < -0.4 is 4.90 Å². The molecule has 4 aromatic rings. The lowest BCUT2D eigenvalue weighted by Crippen LogP contribution is -2.28. The van der Waals surface area contributed by atoms with Gasteiger partial charge in [0, 0.05) is 35.1 Å². The van der Waals surface area contributed by atoms with Crippen molar-refractivity contribution in [3.8, 4) is 5.69 Å². The van der Waals surface area contributed by atoms with E-state index in [9.17, 15) is 0 Å². The molecule has 27 heavy (non-hydrogen) atoms.